The third kappa shape index (κ3) is 4.33. The number of rotatable bonds is 8. The van der Waals surface area contributed by atoms with Crippen molar-refractivity contribution in [3.8, 4) is 28.5 Å². The van der Waals surface area contributed by atoms with E-state index in [9.17, 15) is 10.2 Å². The molecule has 2 N–H and O–H groups in total. The summed E-state index contributed by atoms with van der Waals surface area (Å²) in [6.45, 7) is 0.810. The van der Waals surface area contributed by atoms with Crippen LogP contribution in [0, 0.1) is 0 Å². The van der Waals surface area contributed by atoms with Crippen LogP contribution in [0.5, 0.6) is 17.4 Å². The zero-order valence-corrected chi connectivity index (χ0v) is 27.2. The van der Waals surface area contributed by atoms with Crippen LogP contribution in [-0.2, 0) is 13.0 Å². The lowest BCUT2D eigenvalue weighted by Crippen LogP contribution is -2.11. The smallest absolute Gasteiger partial charge is 0.200 e. The summed E-state index contributed by atoms with van der Waals surface area (Å²) < 4.78 is 16.3. The van der Waals surface area contributed by atoms with Gasteiger partial charge in [-0.1, -0.05) is 64.5 Å². The Kier molecular flexibility index (Phi) is 7.04. The quantitative estimate of drug-likeness (QED) is 0.169. The average molecular weight is 674 g/mol. The highest BCUT2D eigenvalue weighted by atomic mass is 79.9. The Morgan fingerprint density at radius 3 is 2.15 bits per heavy atom. The molecule has 7 aromatic rings. The molecule has 0 spiro atoms. The molecular weight excluding hydrogens is 640 g/mol. The van der Waals surface area contributed by atoms with Gasteiger partial charge in [0, 0.05) is 57.5 Å². The van der Waals surface area contributed by atoms with Gasteiger partial charge in [0.15, 0.2) is 0 Å². The molecule has 0 saturated heterocycles. The molecule has 2 aromatic heterocycles. The Bertz CT molecular complexity index is 2220. The minimum Gasteiger partial charge on any atom is -0.497 e. The normalized spacial score (nSPS) is 12.4. The van der Waals surface area contributed by atoms with Gasteiger partial charge in [-0.15, -0.1) is 0 Å². The maximum absolute atomic E-state index is 12.5. The fourth-order valence-corrected chi connectivity index (χ4v) is 7.82. The van der Waals surface area contributed by atoms with Gasteiger partial charge in [0.25, 0.3) is 0 Å². The first-order valence-electron chi connectivity index (χ1n) is 15.5. The first kappa shape index (κ1) is 28.7. The van der Waals surface area contributed by atoms with Gasteiger partial charge < -0.3 is 28.8 Å². The fraction of sp³-hybridized carbons (Fsp3) is 0.179. The third-order valence-electron chi connectivity index (χ3n) is 9.47. The second kappa shape index (κ2) is 11.3. The summed E-state index contributed by atoms with van der Waals surface area (Å²) >= 11 is 3.73. The van der Waals surface area contributed by atoms with Crippen molar-refractivity contribution in [3.05, 3.63) is 124 Å². The molecule has 230 valence electrons. The van der Waals surface area contributed by atoms with Crippen LogP contribution in [0.25, 0.3) is 43.7 Å². The summed E-state index contributed by atoms with van der Waals surface area (Å²) in [5.74, 6) is 1.78. The number of aliphatic hydroxyl groups is 1. The Morgan fingerprint density at radius 1 is 0.826 bits per heavy atom. The van der Waals surface area contributed by atoms with E-state index in [4.69, 9.17) is 9.47 Å². The summed E-state index contributed by atoms with van der Waals surface area (Å²) in [7, 11) is 3.33. The van der Waals surface area contributed by atoms with E-state index < -0.39 is 0 Å². The van der Waals surface area contributed by atoms with Gasteiger partial charge in [-0.05, 0) is 76.7 Å². The molecular formula is C39H33BrN2O4. The monoisotopic (exact) mass is 672 g/mol. The molecule has 6 nitrogen and oxygen atoms in total. The van der Waals surface area contributed by atoms with Crippen LogP contribution in [0.1, 0.15) is 34.7 Å². The van der Waals surface area contributed by atoms with Gasteiger partial charge >= 0.3 is 0 Å². The van der Waals surface area contributed by atoms with Crippen LogP contribution in [0.4, 0.5) is 0 Å². The second-order valence-corrected chi connectivity index (χ2v) is 12.8. The second-order valence-electron chi connectivity index (χ2n) is 11.9. The van der Waals surface area contributed by atoms with Crippen molar-refractivity contribution in [2.45, 2.75) is 25.4 Å². The number of benzene rings is 5. The van der Waals surface area contributed by atoms with Crippen LogP contribution >= 0.6 is 15.9 Å². The highest BCUT2D eigenvalue weighted by Gasteiger charge is 2.32. The van der Waals surface area contributed by atoms with Crippen molar-refractivity contribution in [2.75, 3.05) is 20.8 Å². The fourth-order valence-electron chi connectivity index (χ4n) is 7.46. The van der Waals surface area contributed by atoms with Gasteiger partial charge in [-0.25, -0.2) is 0 Å². The summed E-state index contributed by atoms with van der Waals surface area (Å²) in [5.41, 5.74) is 9.03. The molecule has 0 fully saturated rings. The number of methoxy groups -OCH3 is 2. The van der Waals surface area contributed by atoms with Crippen molar-refractivity contribution >= 4 is 48.5 Å². The minimum atomic E-state index is -0.318. The van der Waals surface area contributed by atoms with Crippen molar-refractivity contribution in [3.63, 3.8) is 0 Å². The van der Waals surface area contributed by atoms with Gasteiger partial charge in [0.1, 0.15) is 11.5 Å². The topological polar surface area (TPSA) is 68.8 Å². The first-order valence-corrected chi connectivity index (χ1v) is 16.3. The molecule has 0 saturated carbocycles. The molecule has 8 rings (SSSR count). The van der Waals surface area contributed by atoms with Crippen LogP contribution in [0.3, 0.4) is 0 Å². The van der Waals surface area contributed by atoms with Crippen molar-refractivity contribution in [2.24, 2.45) is 0 Å². The van der Waals surface area contributed by atoms with Crippen LogP contribution in [0.2, 0.25) is 0 Å². The van der Waals surface area contributed by atoms with Gasteiger partial charge in [-0.2, -0.15) is 0 Å². The molecule has 5 aromatic carbocycles. The summed E-state index contributed by atoms with van der Waals surface area (Å²) in [6.07, 6.45) is 3.56. The zero-order valence-electron chi connectivity index (χ0n) is 25.6. The number of halogens is 1. The van der Waals surface area contributed by atoms with Crippen LogP contribution in [0.15, 0.2) is 102 Å². The predicted octanol–water partition coefficient (Wildman–Crippen LogP) is 8.83. The molecule has 46 heavy (non-hydrogen) atoms. The Hall–Kier alpha value is -4.72. The van der Waals surface area contributed by atoms with Crippen LogP contribution < -0.4 is 9.47 Å². The van der Waals surface area contributed by atoms with Crippen molar-refractivity contribution in [1.29, 1.82) is 0 Å². The lowest BCUT2D eigenvalue weighted by atomic mass is 9.96. The number of aliphatic hydroxyl groups excluding tert-OH is 1. The number of aromatic hydroxyl groups is 1. The number of aromatic nitrogens is 2. The van der Waals surface area contributed by atoms with Gasteiger partial charge in [0.05, 0.1) is 31.2 Å². The number of fused-ring (bicyclic) bond motifs is 10. The van der Waals surface area contributed by atoms with E-state index in [0.717, 1.165) is 71.7 Å². The third-order valence-corrected chi connectivity index (χ3v) is 9.97. The zero-order chi connectivity index (χ0) is 31.5. The lowest BCUT2D eigenvalue weighted by molar-refractivity contribution is 0.281. The highest BCUT2D eigenvalue weighted by molar-refractivity contribution is 9.10. The molecule has 0 radical (unpaired) electrons. The van der Waals surface area contributed by atoms with E-state index in [1.807, 2.05) is 28.8 Å². The maximum Gasteiger partial charge on any atom is 0.200 e. The molecule has 7 heteroatoms. The average Bonchev–Trinajstić information content (AvgIpc) is 3.73. The SMILES string of the molecule is COc1ccc(C(c2ccc(OC)cc2)n2cc3c(c4c(c5c3c3cc(Br)ccc3n5CCCO)Cc3ccccc3-4)c2O)cc1. The van der Waals surface area contributed by atoms with Crippen LogP contribution in [-0.4, -0.2) is 40.2 Å². The van der Waals surface area contributed by atoms with E-state index in [-0.39, 0.29) is 18.5 Å². The van der Waals surface area contributed by atoms with Gasteiger partial charge in [-0.3, -0.25) is 0 Å². The summed E-state index contributed by atoms with van der Waals surface area (Å²) in [6, 6.07) is 30.7. The van der Waals surface area contributed by atoms with E-state index >= 15 is 0 Å². The first-order chi connectivity index (χ1) is 22.5. The maximum atomic E-state index is 12.5. The van der Waals surface area contributed by atoms with E-state index in [1.54, 1.807) is 14.2 Å². The minimum absolute atomic E-state index is 0.116. The molecule has 1 aliphatic rings. The lowest BCUT2D eigenvalue weighted by Gasteiger charge is -2.22. The summed E-state index contributed by atoms with van der Waals surface area (Å²) in [4.78, 5) is 0. The molecule has 2 heterocycles. The largest absolute Gasteiger partial charge is 0.497 e. The molecule has 0 amide bonds. The molecule has 0 unspecified atom stereocenters. The van der Waals surface area contributed by atoms with Gasteiger partial charge in [0.2, 0.25) is 5.88 Å². The van der Waals surface area contributed by atoms with E-state index in [2.05, 4.69) is 93.4 Å². The summed E-state index contributed by atoms with van der Waals surface area (Å²) in [5, 5.41) is 26.4. The number of nitrogens with zero attached hydrogens (tertiary/aromatic N) is 2. The number of hydrogen-bond donors (Lipinski definition) is 2. The standard InChI is InChI=1S/C39H33BrN2O4/c1-45-27-13-8-23(9-14-27)37(24-10-15-28(46-2)16-11-24)42-22-32-35-30-21-26(40)12-17-33(30)41(18-5-19-43)38(35)31-20-25-6-3-4-7-29(25)34(31)36(32)39(42)44/h3-4,6-17,21-22,37,43-44H,5,18-20H2,1-2H3. The van der Waals surface area contributed by atoms with E-state index in [1.165, 1.54) is 16.6 Å². The molecule has 0 bridgehead atoms. The Morgan fingerprint density at radius 2 is 1.50 bits per heavy atom. The van der Waals surface area contributed by atoms with Crippen molar-refractivity contribution in [1.82, 2.24) is 9.13 Å². The Balaban J connectivity index is 1.50. The molecule has 0 atom stereocenters. The molecule has 1 aliphatic carbocycles. The number of aryl methyl sites for hydroxylation is 1. The molecule has 0 aliphatic heterocycles. The predicted molar refractivity (Wildman–Crippen MR) is 187 cm³/mol. The Labute approximate surface area is 275 Å². The number of ether oxygens (including phenoxy) is 2. The number of hydrogen-bond acceptors (Lipinski definition) is 4. The van der Waals surface area contributed by atoms with E-state index in [0.29, 0.717) is 13.0 Å². The van der Waals surface area contributed by atoms with Crippen molar-refractivity contribution < 1.29 is 19.7 Å². The highest BCUT2D eigenvalue weighted by Crippen LogP contribution is 2.52.